The highest BCUT2D eigenvalue weighted by Crippen LogP contribution is 2.37. The Kier molecular flexibility index (Phi) is 6.85. The second-order valence-corrected chi connectivity index (χ2v) is 13.8. The Labute approximate surface area is 264 Å². The molecule has 0 aliphatic rings. The fourth-order valence-corrected chi connectivity index (χ4v) is 5.84. The first kappa shape index (κ1) is 28.6. The summed E-state index contributed by atoms with van der Waals surface area (Å²) in [6, 6.07) is 37.9. The molecule has 7 aromatic rings. The molecule has 0 aliphatic heterocycles. The van der Waals surface area contributed by atoms with Gasteiger partial charge in [0.05, 0.1) is 22.4 Å². The number of rotatable bonds is 5. The number of aromatic nitrogens is 4. The van der Waals surface area contributed by atoms with Gasteiger partial charge in [0.1, 0.15) is 17.3 Å². The van der Waals surface area contributed by atoms with E-state index in [9.17, 15) is 0 Å². The number of fused-ring (bicyclic) bond motifs is 3. The van der Waals surface area contributed by atoms with Crippen molar-refractivity contribution in [1.29, 1.82) is 0 Å². The van der Waals surface area contributed by atoms with Gasteiger partial charge in [0.25, 0.3) is 0 Å². The van der Waals surface area contributed by atoms with Gasteiger partial charge in [-0.3, -0.25) is 4.57 Å². The van der Waals surface area contributed by atoms with Crippen molar-refractivity contribution in [3.05, 3.63) is 133 Å². The lowest BCUT2D eigenvalue weighted by atomic mass is 9.86. The van der Waals surface area contributed by atoms with Crippen molar-refractivity contribution in [2.24, 2.45) is 0 Å². The monoisotopic (exact) mass is 590 g/mol. The van der Waals surface area contributed by atoms with E-state index in [0.717, 1.165) is 50.7 Å². The number of ether oxygens (including phenoxy) is 1. The van der Waals surface area contributed by atoms with Crippen LogP contribution in [0.1, 0.15) is 52.7 Å². The SMILES string of the molecule is CC(C)(C)c1cc(Oc2ccc3c4ccccc4n(-c4cc(C(C)(C)C)ccn4)c3c2)cc(-n2ccc(-c3ccccc3)n2)c1. The number of hydrogen-bond donors (Lipinski definition) is 0. The third-order valence-corrected chi connectivity index (χ3v) is 8.40. The van der Waals surface area contributed by atoms with E-state index in [4.69, 9.17) is 14.8 Å². The number of para-hydroxylation sites is 1. The van der Waals surface area contributed by atoms with Gasteiger partial charge in [0.2, 0.25) is 0 Å². The molecule has 224 valence electrons. The van der Waals surface area contributed by atoms with Crippen LogP contribution in [-0.4, -0.2) is 19.3 Å². The summed E-state index contributed by atoms with van der Waals surface area (Å²) in [4.78, 5) is 4.83. The molecule has 3 heterocycles. The van der Waals surface area contributed by atoms with Gasteiger partial charge in [0.15, 0.2) is 0 Å². The van der Waals surface area contributed by atoms with E-state index in [1.165, 1.54) is 16.5 Å². The summed E-state index contributed by atoms with van der Waals surface area (Å²) in [5.74, 6) is 2.43. The van der Waals surface area contributed by atoms with Gasteiger partial charge in [-0.1, -0.05) is 90.1 Å². The van der Waals surface area contributed by atoms with Crippen molar-refractivity contribution in [3.63, 3.8) is 0 Å². The maximum absolute atomic E-state index is 6.67. The van der Waals surface area contributed by atoms with Gasteiger partial charge in [0, 0.05) is 40.9 Å². The Morgan fingerprint density at radius 1 is 0.600 bits per heavy atom. The summed E-state index contributed by atoms with van der Waals surface area (Å²) in [6.45, 7) is 13.4. The largest absolute Gasteiger partial charge is 0.457 e. The van der Waals surface area contributed by atoms with Crippen LogP contribution in [0.4, 0.5) is 0 Å². The lowest BCUT2D eigenvalue weighted by Gasteiger charge is -2.21. The van der Waals surface area contributed by atoms with Crippen molar-refractivity contribution < 1.29 is 4.74 Å². The minimum atomic E-state index is -0.0797. The van der Waals surface area contributed by atoms with Crippen LogP contribution in [0.25, 0.3) is 44.6 Å². The second kappa shape index (κ2) is 10.8. The van der Waals surface area contributed by atoms with Crippen LogP contribution in [0.3, 0.4) is 0 Å². The number of benzene rings is 4. The molecule has 0 unspecified atom stereocenters. The first-order chi connectivity index (χ1) is 21.5. The van der Waals surface area contributed by atoms with Crippen LogP contribution in [-0.2, 0) is 10.8 Å². The van der Waals surface area contributed by atoms with Gasteiger partial charge in [-0.2, -0.15) is 5.10 Å². The zero-order chi connectivity index (χ0) is 31.3. The van der Waals surface area contributed by atoms with E-state index in [0.29, 0.717) is 0 Å². The predicted molar refractivity (Wildman–Crippen MR) is 185 cm³/mol. The molecule has 0 fully saturated rings. The molecule has 0 N–H and O–H groups in total. The van der Waals surface area contributed by atoms with E-state index in [2.05, 4.69) is 137 Å². The zero-order valence-electron chi connectivity index (χ0n) is 26.7. The van der Waals surface area contributed by atoms with E-state index in [1.807, 2.05) is 35.3 Å². The summed E-state index contributed by atoms with van der Waals surface area (Å²) in [6.07, 6.45) is 3.92. The van der Waals surface area contributed by atoms with Crippen LogP contribution < -0.4 is 4.74 Å². The third-order valence-electron chi connectivity index (χ3n) is 8.40. The Balaban J connectivity index is 1.33. The summed E-state index contributed by atoms with van der Waals surface area (Å²) in [7, 11) is 0. The molecular weight excluding hydrogens is 552 g/mol. The molecule has 0 spiro atoms. The number of nitrogens with zero attached hydrogens (tertiary/aromatic N) is 4. The second-order valence-electron chi connectivity index (χ2n) is 13.8. The molecular formula is C40H38N4O. The Morgan fingerprint density at radius 3 is 2.11 bits per heavy atom. The molecule has 3 aromatic heterocycles. The molecule has 0 radical (unpaired) electrons. The summed E-state index contributed by atoms with van der Waals surface area (Å²) in [5, 5.41) is 7.26. The van der Waals surface area contributed by atoms with Gasteiger partial charge in [-0.25, -0.2) is 9.67 Å². The van der Waals surface area contributed by atoms with Crippen LogP contribution >= 0.6 is 0 Å². The summed E-state index contributed by atoms with van der Waals surface area (Å²) < 4.78 is 10.8. The van der Waals surface area contributed by atoms with Crippen molar-refractivity contribution in [1.82, 2.24) is 19.3 Å². The Hall–Kier alpha value is -5.16. The average molecular weight is 591 g/mol. The molecule has 0 saturated carbocycles. The first-order valence-corrected chi connectivity index (χ1v) is 15.5. The molecule has 7 rings (SSSR count). The molecule has 0 amide bonds. The highest BCUT2D eigenvalue weighted by Gasteiger charge is 2.20. The van der Waals surface area contributed by atoms with E-state index < -0.39 is 0 Å². The van der Waals surface area contributed by atoms with Crippen molar-refractivity contribution in [2.45, 2.75) is 52.4 Å². The fraction of sp³-hybridized carbons (Fsp3) is 0.200. The molecule has 0 aliphatic carbocycles. The van der Waals surface area contributed by atoms with E-state index in [1.54, 1.807) is 0 Å². The lowest BCUT2D eigenvalue weighted by Crippen LogP contribution is -2.12. The molecule has 0 atom stereocenters. The molecule has 0 saturated heterocycles. The summed E-state index contributed by atoms with van der Waals surface area (Å²) in [5.41, 5.74) is 7.50. The van der Waals surface area contributed by atoms with E-state index >= 15 is 0 Å². The minimum absolute atomic E-state index is 0.0108. The smallest absolute Gasteiger partial charge is 0.137 e. The van der Waals surface area contributed by atoms with Gasteiger partial charge in [-0.15, -0.1) is 0 Å². The normalized spacial score (nSPS) is 12.2. The predicted octanol–water partition coefficient (Wildman–Crippen LogP) is 10.4. The highest BCUT2D eigenvalue weighted by atomic mass is 16.5. The van der Waals surface area contributed by atoms with Crippen molar-refractivity contribution >= 4 is 21.8 Å². The maximum atomic E-state index is 6.67. The van der Waals surface area contributed by atoms with Gasteiger partial charge >= 0.3 is 0 Å². The van der Waals surface area contributed by atoms with Crippen LogP contribution in [0.2, 0.25) is 0 Å². The quantitative estimate of drug-likeness (QED) is 0.200. The standard InChI is InChI=1S/C40H38N4O/c1-39(2,3)28-18-20-41-38(24-28)44-36-15-11-10-14-33(36)34-17-16-31(26-37(34)44)45-32-23-29(40(4,5)6)22-30(25-32)43-21-19-35(42-43)27-12-8-7-9-13-27/h7-26H,1-6H3. The average Bonchev–Trinajstić information content (AvgIpc) is 3.64. The molecule has 5 nitrogen and oxygen atoms in total. The minimum Gasteiger partial charge on any atom is -0.457 e. The van der Waals surface area contributed by atoms with Gasteiger partial charge in [-0.05, 0) is 70.5 Å². The Morgan fingerprint density at radius 2 is 1.33 bits per heavy atom. The van der Waals surface area contributed by atoms with Crippen LogP contribution in [0.5, 0.6) is 11.5 Å². The molecule has 45 heavy (non-hydrogen) atoms. The fourth-order valence-electron chi connectivity index (χ4n) is 5.84. The summed E-state index contributed by atoms with van der Waals surface area (Å²) >= 11 is 0. The van der Waals surface area contributed by atoms with E-state index in [-0.39, 0.29) is 10.8 Å². The third kappa shape index (κ3) is 5.51. The molecule has 0 bridgehead atoms. The molecule has 4 aromatic carbocycles. The first-order valence-electron chi connectivity index (χ1n) is 15.5. The topological polar surface area (TPSA) is 44.9 Å². The van der Waals surface area contributed by atoms with Crippen molar-refractivity contribution in [2.75, 3.05) is 0 Å². The van der Waals surface area contributed by atoms with Gasteiger partial charge < -0.3 is 4.74 Å². The highest BCUT2D eigenvalue weighted by molar-refractivity contribution is 6.09. The number of pyridine rings is 1. The number of hydrogen-bond acceptors (Lipinski definition) is 3. The lowest BCUT2D eigenvalue weighted by molar-refractivity contribution is 0.478. The van der Waals surface area contributed by atoms with Crippen molar-refractivity contribution in [3.8, 4) is 34.3 Å². The maximum Gasteiger partial charge on any atom is 0.137 e. The van der Waals surface area contributed by atoms with Crippen LogP contribution in [0.15, 0.2) is 122 Å². The molecule has 5 heteroatoms. The Bertz CT molecular complexity index is 2160. The zero-order valence-corrected chi connectivity index (χ0v) is 26.7. The van der Waals surface area contributed by atoms with Crippen LogP contribution in [0, 0.1) is 0 Å².